The van der Waals surface area contributed by atoms with Crippen molar-refractivity contribution in [1.29, 1.82) is 0 Å². The van der Waals surface area contributed by atoms with Crippen LogP contribution in [0.3, 0.4) is 0 Å². The van der Waals surface area contributed by atoms with Crippen LogP contribution in [0.25, 0.3) is 0 Å². The fourth-order valence-corrected chi connectivity index (χ4v) is 5.64. The molecule has 0 saturated carbocycles. The van der Waals surface area contributed by atoms with Crippen LogP contribution in [0.4, 0.5) is 5.69 Å². The largest absolute Gasteiger partial charge is 0.354 e. The normalized spacial score (nSPS) is 12.0. The van der Waals surface area contributed by atoms with Gasteiger partial charge in [0.25, 0.3) is 10.0 Å². The van der Waals surface area contributed by atoms with Gasteiger partial charge in [0.2, 0.25) is 11.8 Å². The molecule has 0 bridgehead atoms. The van der Waals surface area contributed by atoms with Crippen molar-refractivity contribution in [3.63, 3.8) is 0 Å². The summed E-state index contributed by atoms with van der Waals surface area (Å²) in [4.78, 5) is 28.2. The molecule has 1 N–H and O–H groups in total. The number of halogens is 1. The molecule has 0 spiro atoms. The highest BCUT2D eigenvalue weighted by atomic mass is 35.5. The molecule has 3 rings (SSSR count). The lowest BCUT2D eigenvalue weighted by molar-refractivity contribution is -0.138. The van der Waals surface area contributed by atoms with Crippen molar-refractivity contribution in [3.8, 4) is 0 Å². The predicted molar refractivity (Wildman–Crippen MR) is 157 cm³/mol. The van der Waals surface area contributed by atoms with E-state index in [0.29, 0.717) is 23.7 Å². The molecule has 0 fully saturated rings. The van der Waals surface area contributed by atoms with E-state index in [9.17, 15) is 18.0 Å². The van der Waals surface area contributed by atoms with Crippen LogP contribution in [0, 0.1) is 13.8 Å². The van der Waals surface area contributed by atoms with Crippen LogP contribution >= 0.6 is 11.6 Å². The zero-order valence-corrected chi connectivity index (χ0v) is 24.4. The summed E-state index contributed by atoms with van der Waals surface area (Å²) in [5.74, 6) is -0.752. The molecule has 0 aliphatic rings. The molecule has 0 heterocycles. The van der Waals surface area contributed by atoms with Gasteiger partial charge in [-0.3, -0.25) is 13.9 Å². The summed E-state index contributed by atoms with van der Waals surface area (Å²) in [5, 5.41) is 3.25. The van der Waals surface area contributed by atoms with Crippen molar-refractivity contribution in [2.45, 2.75) is 51.5 Å². The lowest BCUT2D eigenvalue weighted by Gasteiger charge is -2.32. The van der Waals surface area contributed by atoms with Gasteiger partial charge in [-0.25, -0.2) is 8.42 Å². The molecule has 3 aromatic carbocycles. The maximum Gasteiger partial charge on any atom is 0.264 e. The van der Waals surface area contributed by atoms with E-state index in [1.54, 1.807) is 19.1 Å². The Kier molecular flexibility index (Phi) is 10.5. The molecule has 7 nitrogen and oxygen atoms in total. The first-order valence-electron chi connectivity index (χ1n) is 13.0. The van der Waals surface area contributed by atoms with Crippen molar-refractivity contribution >= 4 is 39.1 Å². The van der Waals surface area contributed by atoms with Gasteiger partial charge in [0.1, 0.15) is 12.6 Å². The van der Waals surface area contributed by atoms with Gasteiger partial charge in [0, 0.05) is 18.1 Å². The summed E-state index contributed by atoms with van der Waals surface area (Å²) >= 11 is 6.00. The van der Waals surface area contributed by atoms with Crippen LogP contribution in [0.5, 0.6) is 0 Å². The fraction of sp³-hybridized carbons (Fsp3) is 0.333. The van der Waals surface area contributed by atoms with Gasteiger partial charge in [-0.05, 0) is 86.7 Å². The monoisotopic (exact) mass is 569 g/mol. The highest BCUT2D eigenvalue weighted by molar-refractivity contribution is 7.92. The number of benzene rings is 3. The number of carbonyl (C=O) groups is 2. The zero-order valence-electron chi connectivity index (χ0n) is 22.9. The summed E-state index contributed by atoms with van der Waals surface area (Å²) in [6.45, 7) is 7.72. The minimum absolute atomic E-state index is 0.0162. The molecule has 208 valence electrons. The maximum atomic E-state index is 13.9. The Hall–Kier alpha value is -3.36. The lowest BCUT2D eigenvalue weighted by atomic mass is 10.1. The molecule has 39 heavy (non-hydrogen) atoms. The Morgan fingerprint density at radius 1 is 0.949 bits per heavy atom. The second-order valence-electron chi connectivity index (χ2n) is 9.52. The number of nitrogens with zero attached hydrogens (tertiary/aromatic N) is 2. The standard InChI is InChI=1S/C30H36ClN3O4S/c1-5-18-32-30(36)24(4)33(19-17-25-9-7-6-8-10-25)29(35)21-34(27-14-11-22(2)23(3)20-27)39(37,38)28-15-12-26(31)13-16-28/h6-16,20,24H,5,17-19,21H2,1-4H3,(H,32,36). The van der Waals surface area contributed by atoms with Crippen molar-refractivity contribution in [2.24, 2.45) is 0 Å². The van der Waals surface area contributed by atoms with E-state index in [-0.39, 0.29) is 17.3 Å². The predicted octanol–water partition coefficient (Wildman–Crippen LogP) is 5.14. The Balaban J connectivity index is 1.99. The third-order valence-electron chi connectivity index (χ3n) is 6.66. The SMILES string of the molecule is CCCNC(=O)C(C)N(CCc1ccccc1)C(=O)CN(c1ccc(C)c(C)c1)S(=O)(=O)c1ccc(Cl)cc1. The highest BCUT2D eigenvalue weighted by Crippen LogP contribution is 2.27. The van der Waals surface area contributed by atoms with Crippen molar-refractivity contribution in [3.05, 3.63) is 94.5 Å². The van der Waals surface area contributed by atoms with Crippen LogP contribution in [0.15, 0.2) is 77.7 Å². The Morgan fingerprint density at radius 2 is 1.62 bits per heavy atom. The van der Waals surface area contributed by atoms with Gasteiger partial charge in [0.05, 0.1) is 10.6 Å². The van der Waals surface area contributed by atoms with E-state index in [1.807, 2.05) is 57.2 Å². The number of anilines is 1. The highest BCUT2D eigenvalue weighted by Gasteiger charge is 2.32. The molecule has 0 aliphatic carbocycles. The Labute approximate surface area is 236 Å². The topological polar surface area (TPSA) is 86.8 Å². The molecular weight excluding hydrogens is 534 g/mol. The number of aryl methyl sites for hydroxylation is 2. The molecule has 1 atom stereocenters. The number of rotatable bonds is 12. The summed E-state index contributed by atoms with van der Waals surface area (Å²) < 4.78 is 28.8. The van der Waals surface area contributed by atoms with Crippen LogP contribution < -0.4 is 9.62 Å². The zero-order chi connectivity index (χ0) is 28.6. The second-order valence-corrected chi connectivity index (χ2v) is 11.8. The number of carbonyl (C=O) groups excluding carboxylic acids is 2. The third kappa shape index (κ3) is 7.83. The smallest absolute Gasteiger partial charge is 0.264 e. The molecule has 1 unspecified atom stereocenters. The fourth-order valence-electron chi connectivity index (χ4n) is 4.11. The Morgan fingerprint density at radius 3 is 2.23 bits per heavy atom. The lowest BCUT2D eigenvalue weighted by Crippen LogP contribution is -2.52. The summed E-state index contributed by atoms with van der Waals surface area (Å²) in [6, 6.07) is 20.0. The summed E-state index contributed by atoms with van der Waals surface area (Å²) in [6.07, 6.45) is 1.28. The minimum Gasteiger partial charge on any atom is -0.354 e. The molecule has 0 aliphatic heterocycles. The first-order valence-corrected chi connectivity index (χ1v) is 14.8. The molecule has 3 aromatic rings. The van der Waals surface area contributed by atoms with Crippen LogP contribution in [-0.4, -0.2) is 50.8 Å². The Bertz CT molecular complexity index is 1380. The number of hydrogen-bond acceptors (Lipinski definition) is 4. The van der Waals surface area contributed by atoms with E-state index in [2.05, 4.69) is 5.32 Å². The average Bonchev–Trinajstić information content (AvgIpc) is 2.92. The van der Waals surface area contributed by atoms with Crippen LogP contribution in [0.1, 0.15) is 37.0 Å². The van der Waals surface area contributed by atoms with E-state index in [0.717, 1.165) is 27.4 Å². The van der Waals surface area contributed by atoms with Crippen molar-refractivity contribution in [2.75, 3.05) is 23.9 Å². The molecule has 2 amide bonds. The summed E-state index contributed by atoms with van der Waals surface area (Å²) in [7, 11) is -4.13. The quantitative estimate of drug-likeness (QED) is 0.327. The number of nitrogens with one attached hydrogen (secondary N) is 1. The van der Waals surface area contributed by atoms with E-state index < -0.39 is 28.5 Å². The minimum atomic E-state index is -4.13. The molecule has 9 heteroatoms. The van der Waals surface area contributed by atoms with Gasteiger partial charge in [-0.15, -0.1) is 0 Å². The first kappa shape index (κ1) is 30.2. The first-order chi connectivity index (χ1) is 18.5. The van der Waals surface area contributed by atoms with E-state index in [1.165, 1.54) is 29.2 Å². The van der Waals surface area contributed by atoms with Crippen molar-refractivity contribution < 1.29 is 18.0 Å². The molecule has 0 radical (unpaired) electrons. The number of sulfonamides is 1. The molecule has 0 aromatic heterocycles. The maximum absolute atomic E-state index is 13.9. The van der Waals surface area contributed by atoms with Crippen LogP contribution in [-0.2, 0) is 26.0 Å². The number of amides is 2. The van der Waals surface area contributed by atoms with Crippen molar-refractivity contribution in [1.82, 2.24) is 10.2 Å². The number of hydrogen-bond donors (Lipinski definition) is 1. The molecule has 0 saturated heterocycles. The third-order valence-corrected chi connectivity index (χ3v) is 8.70. The second kappa shape index (κ2) is 13.6. The van der Waals surface area contributed by atoms with Gasteiger partial charge >= 0.3 is 0 Å². The van der Waals surface area contributed by atoms with E-state index >= 15 is 0 Å². The average molecular weight is 570 g/mol. The van der Waals surface area contributed by atoms with E-state index in [4.69, 9.17) is 11.6 Å². The van der Waals surface area contributed by atoms with Gasteiger partial charge < -0.3 is 10.2 Å². The van der Waals surface area contributed by atoms with Crippen LogP contribution in [0.2, 0.25) is 5.02 Å². The van der Waals surface area contributed by atoms with Gasteiger partial charge in [-0.1, -0.05) is 54.9 Å². The van der Waals surface area contributed by atoms with Gasteiger partial charge in [-0.2, -0.15) is 0 Å². The van der Waals surface area contributed by atoms with Gasteiger partial charge in [0.15, 0.2) is 0 Å². The molecular formula is C30H36ClN3O4S. The summed E-state index contributed by atoms with van der Waals surface area (Å²) in [5.41, 5.74) is 3.27.